The van der Waals surface area contributed by atoms with Crippen LogP contribution in [0.25, 0.3) is 11.3 Å². The van der Waals surface area contributed by atoms with Crippen molar-refractivity contribution in [3.05, 3.63) is 75.5 Å². The Morgan fingerprint density at radius 1 is 1.09 bits per heavy atom. The fourth-order valence-electron chi connectivity index (χ4n) is 4.52. The molecule has 0 bridgehead atoms. The van der Waals surface area contributed by atoms with Crippen molar-refractivity contribution in [2.24, 2.45) is 0 Å². The van der Waals surface area contributed by atoms with Crippen LogP contribution >= 0.6 is 23.2 Å². The van der Waals surface area contributed by atoms with E-state index in [-0.39, 0.29) is 0 Å². The van der Waals surface area contributed by atoms with E-state index in [1.165, 1.54) is 0 Å². The number of hydrogen-bond donors (Lipinski definition) is 2. The fraction of sp³-hybridized carbons (Fsp3) is 0.346. The third kappa shape index (κ3) is 5.15. The molecule has 0 amide bonds. The van der Waals surface area contributed by atoms with Gasteiger partial charge in [0.15, 0.2) is 0 Å². The van der Waals surface area contributed by atoms with Gasteiger partial charge in [0, 0.05) is 34.6 Å². The summed E-state index contributed by atoms with van der Waals surface area (Å²) in [6.07, 6.45) is 4.66. The van der Waals surface area contributed by atoms with E-state index >= 15 is 0 Å². The number of nitrogens with one attached hydrogen (secondary N) is 1. The Labute approximate surface area is 204 Å². The van der Waals surface area contributed by atoms with Crippen molar-refractivity contribution >= 4 is 35.0 Å². The van der Waals surface area contributed by atoms with Gasteiger partial charge in [0.05, 0.1) is 11.1 Å². The van der Waals surface area contributed by atoms with Gasteiger partial charge >= 0.3 is 5.97 Å². The van der Waals surface area contributed by atoms with Gasteiger partial charge in [-0.2, -0.15) is 0 Å². The first-order chi connectivity index (χ1) is 15.9. The van der Waals surface area contributed by atoms with Crippen LogP contribution in [0.2, 0.25) is 10.0 Å². The monoisotopic (exact) mass is 483 g/mol. The summed E-state index contributed by atoms with van der Waals surface area (Å²) < 4.78 is 0. The summed E-state index contributed by atoms with van der Waals surface area (Å²) in [6.45, 7) is 2.67. The maximum Gasteiger partial charge on any atom is 0.314 e. The summed E-state index contributed by atoms with van der Waals surface area (Å²) in [5.41, 5.74) is 2.76. The molecule has 0 radical (unpaired) electrons. The average molecular weight is 484 g/mol. The Morgan fingerprint density at radius 3 is 2.58 bits per heavy atom. The van der Waals surface area contributed by atoms with Crippen molar-refractivity contribution in [2.45, 2.75) is 50.9 Å². The third-order valence-corrected chi connectivity index (χ3v) is 6.97. The van der Waals surface area contributed by atoms with Crippen LogP contribution in [-0.2, 0) is 23.1 Å². The van der Waals surface area contributed by atoms with E-state index in [1.54, 1.807) is 6.07 Å². The quantitative estimate of drug-likeness (QED) is 0.379. The first kappa shape index (κ1) is 23.5. The van der Waals surface area contributed by atoms with Crippen LogP contribution in [0.15, 0.2) is 48.5 Å². The lowest BCUT2D eigenvalue weighted by atomic mass is 9.78. The highest BCUT2D eigenvalue weighted by atomic mass is 35.5. The van der Waals surface area contributed by atoms with Crippen LogP contribution in [0.3, 0.4) is 0 Å². The molecule has 1 aliphatic carbocycles. The van der Waals surface area contributed by atoms with Gasteiger partial charge in [-0.05, 0) is 48.6 Å². The number of carboxylic acid groups (broad SMARTS) is 1. The van der Waals surface area contributed by atoms with Crippen LogP contribution in [0, 0.1) is 0 Å². The van der Waals surface area contributed by atoms with Gasteiger partial charge in [-0.1, -0.05) is 67.2 Å². The van der Waals surface area contributed by atoms with Crippen molar-refractivity contribution in [3.8, 4) is 11.3 Å². The lowest BCUT2D eigenvalue weighted by molar-refractivity contribution is -0.143. The summed E-state index contributed by atoms with van der Waals surface area (Å²) in [7, 11) is 0. The maximum atomic E-state index is 12.2. The Kier molecular flexibility index (Phi) is 7.20. The summed E-state index contributed by atoms with van der Waals surface area (Å²) in [6, 6.07) is 15.3. The fourth-order valence-corrected chi connectivity index (χ4v) is 5.03. The largest absolute Gasteiger partial charge is 0.481 e. The minimum absolute atomic E-state index is 0.620. The van der Waals surface area contributed by atoms with Crippen molar-refractivity contribution in [1.82, 2.24) is 9.97 Å². The van der Waals surface area contributed by atoms with Crippen LogP contribution in [-0.4, -0.2) is 27.6 Å². The highest BCUT2D eigenvalue weighted by Gasteiger charge is 2.42. The Hall–Kier alpha value is -2.63. The predicted octanol–water partition coefficient (Wildman–Crippen LogP) is 6.56. The van der Waals surface area contributed by atoms with E-state index in [1.807, 2.05) is 49.4 Å². The molecule has 1 saturated carbocycles. The van der Waals surface area contributed by atoms with Gasteiger partial charge in [-0.15, -0.1) is 0 Å². The predicted molar refractivity (Wildman–Crippen MR) is 133 cm³/mol. The molecule has 0 unspecified atom stereocenters. The average Bonchev–Trinajstić information content (AvgIpc) is 3.32. The molecule has 1 aromatic heterocycles. The number of benzene rings is 2. The second-order valence-electron chi connectivity index (χ2n) is 8.50. The lowest BCUT2D eigenvalue weighted by Crippen LogP contribution is -2.32. The molecule has 2 N–H and O–H groups in total. The summed E-state index contributed by atoms with van der Waals surface area (Å²) >= 11 is 12.3. The Balaban J connectivity index is 1.57. The molecule has 1 fully saturated rings. The van der Waals surface area contributed by atoms with E-state index in [4.69, 9.17) is 28.2 Å². The molecule has 0 saturated heterocycles. The minimum Gasteiger partial charge on any atom is -0.481 e. The van der Waals surface area contributed by atoms with Crippen molar-refractivity contribution in [1.29, 1.82) is 0 Å². The number of carbonyl (C=O) groups is 1. The van der Waals surface area contributed by atoms with E-state index in [0.717, 1.165) is 53.3 Å². The van der Waals surface area contributed by atoms with E-state index < -0.39 is 11.4 Å². The molecule has 0 spiro atoms. The number of nitrogens with zero attached hydrogens (tertiary/aromatic N) is 2. The van der Waals surface area contributed by atoms with Gasteiger partial charge < -0.3 is 10.4 Å². The van der Waals surface area contributed by atoms with Gasteiger partial charge in [0.25, 0.3) is 0 Å². The number of aliphatic carboxylic acids is 1. The normalized spacial score (nSPS) is 14.9. The molecule has 5 nitrogen and oxygen atoms in total. The third-order valence-electron chi connectivity index (χ3n) is 6.38. The smallest absolute Gasteiger partial charge is 0.314 e. The molecule has 1 aliphatic rings. The molecule has 0 atom stereocenters. The summed E-state index contributed by atoms with van der Waals surface area (Å²) in [5, 5.41) is 14.6. The number of rotatable bonds is 8. The number of halogens is 2. The summed E-state index contributed by atoms with van der Waals surface area (Å²) in [4.78, 5) is 21.5. The van der Waals surface area contributed by atoms with Gasteiger partial charge in [0.1, 0.15) is 11.6 Å². The molecular weight excluding hydrogens is 457 g/mol. The topological polar surface area (TPSA) is 75.1 Å². The second-order valence-corrected chi connectivity index (χ2v) is 9.34. The highest BCUT2D eigenvalue weighted by molar-refractivity contribution is 6.35. The number of carboxylic acids is 1. The van der Waals surface area contributed by atoms with Crippen LogP contribution in [0.4, 0.5) is 5.82 Å². The molecule has 4 rings (SSSR count). The van der Waals surface area contributed by atoms with E-state index in [9.17, 15) is 9.90 Å². The molecular formula is C26H27Cl2N3O2. The molecule has 0 aliphatic heterocycles. The van der Waals surface area contributed by atoms with Crippen LogP contribution in [0.5, 0.6) is 0 Å². The SMILES string of the molecule is CCc1nc(NCCc2ccc(Cl)cc2Cl)cc(-c2cccc(C3(C(=O)O)CCCC3)c2)n1. The number of anilines is 1. The standard InChI is InChI=1S/C26H27Cl2N3O2/c1-2-23-30-22(16-24(31-23)29-13-10-17-8-9-20(27)15-21(17)28)18-6-5-7-19(14-18)26(25(32)33)11-3-4-12-26/h5-9,14-16H,2-4,10-13H2,1H3,(H,32,33)(H,29,30,31). The minimum atomic E-state index is -0.796. The Bertz CT molecular complexity index is 1160. The van der Waals surface area contributed by atoms with Crippen molar-refractivity contribution in [3.63, 3.8) is 0 Å². The molecule has 1 heterocycles. The van der Waals surface area contributed by atoms with Crippen LogP contribution < -0.4 is 5.32 Å². The van der Waals surface area contributed by atoms with Crippen molar-refractivity contribution in [2.75, 3.05) is 11.9 Å². The highest BCUT2D eigenvalue weighted by Crippen LogP contribution is 2.42. The zero-order chi connectivity index (χ0) is 23.4. The molecule has 33 heavy (non-hydrogen) atoms. The van der Waals surface area contributed by atoms with Gasteiger partial charge in [-0.3, -0.25) is 4.79 Å². The van der Waals surface area contributed by atoms with Gasteiger partial charge in [0.2, 0.25) is 0 Å². The number of hydrogen-bond acceptors (Lipinski definition) is 4. The molecule has 172 valence electrons. The lowest BCUT2D eigenvalue weighted by Gasteiger charge is -2.25. The molecule has 7 heteroatoms. The second kappa shape index (κ2) is 10.1. The van der Waals surface area contributed by atoms with Gasteiger partial charge in [-0.25, -0.2) is 9.97 Å². The zero-order valence-electron chi connectivity index (χ0n) is 18.6. The molecule has 3 aromatic rings. The van der Waals surface area contributed by atoms with E-state index in [2.05, 4.69) is 10.3 Å². The Morgan fingerprint density at radius 2 is 1.88 bits per heavy atom. The maximum absolute atomic E-state index is 12.2. The van der Waals surface area contributed by atoms with E-state index in [0.29, 0.717) is 35.9 Å². The first-order valence-electron chi connectivity index (χ1n) is 11.3. The number of aromatic nitrogens is 2. The first-order valence-corrected chi connectivity index (χ1v) is 12.1. The number of aryl methyl sites for hydroxylation is 1. The van der Waals surface area contributed by atoms with Crippen molar-refractivity contribution < 1.29 is 9.90 Å². The van der Waals surface area contributed by atoms with Crippen LogP contribution in [0.1, 0.15) is 49.6 Å². The molecule has 2 aromatic carbocycles. The summed E-state index contributed by atoms with van der Waals surface area (Å²) in [5.74, 6) is 0.734. The zero-order valence-corrected chi connectivity index (χ0v) is 20.1.